The number of para-hydroxylation sites is 1. The van der Waals surface area contributed by atoms with E-state index in [4.69, 9.17) is 0 Å². The second-order valence-electron chi connectivity index (χ2n) is 13.7. The van der Waals surface area contributed by atoms with Crippen LogP contribution in [0.2, 0.25) is 0 Å². The van der Waals surface area contributed by atoms with Gasteiger partial charge in [-0.2, -0.15) is 0 Å². The largest absolute Gasteiger partial charge is 0.340 e. The number of hydrogen-bond acceptors (Lipinski definition) is 0. The first-order valence-corrected chi connectivity index (χ1v) is 19.6. The number of aryl methyl sites for hydroxylation is 2. The topological polar surface area (TPSA) is 9.86 Å². The molecule has 0 saturated heterocycles. The van der Waals surface area contributed by atoms with Crippen molar-refractivity contribution in [2.75, 3.05) is 0 Å². The summed E-state index contributed by atoms with van der Waals surface area (Å²) in [5.41, 5.74) is 5.56. The third kappa shape index (κ3) is 8.97. The van der Waals surface area contributed by atoms with Crippen molar-refractivity contribution in [3.63, 3.8) is 0 Å². The fourth-order valence-corrected chi connectivity index (χ4v) is 7.95. The predicted octanol–water partition coefficient (Wildman–Crippen LogP) is 14.5. The fourth-order valence-electron chi connectivity index (χ4n) is 7.60. The van der Waals surface area contributed by atoms with Crippen LogP contribution in [-0.4, -0.2) is 9.13 Å². The minimum absolute atomic E-state index is 1.09. The van der Waals surface area contributed by atoms with Gasteiger partial charge >= 0.3 is 0 Å². The zero-order chi connectivity index (χ0) is 31.3. The van der Waals surface area contributed by atoms with Gasteiger partial charge in [-0.1, -0.05) is 170 Å². The maximum atomic E-state index is 3.78. The molecule has 244 valence electrons. The second-order valence-corrected chi connectivity index (χ2v) is 14.6. The van der Waals surface area contributed by atoms with E-state index < -0.39 is 0 Å². The van der Waals surface area contributed by atoms with Crippen LogP contribution in [0.5, 0.6) is 0 Å². The van der Waals surface area contributed by atoms with Gasteiger partial charge < -0.3 is 9.13 Å². The van der Waals surface area contributed by atoms with E-state index in [-0.39, 0.29) is 0 Å². The van der Waals surface area contributed by atoms with Gasteiger partial charge in [0.15, 0.2) is 0 Å². The van der Waals surface area contributed by atoms with E-state index in [0.29, 0.717) is 0 Å². The molecule has 2 heterocycles. The number of benzene rings is 3. The van der Waals surface area contributed by atoms with Gasteiger partial charge in [0, 0.05) is 55.7 Å². The Labute approximate surface area is 282 Å². The molecule has 3 aromatic carbocycles. The highest BCUT2D eigenvalue weighted by Gasteiger charge is 2.17. The quantitative estimate of drug-likeness (QED) is 0.0648. The Hall–Kier alpha value is -2.26. The van der Waals surface area contributed by atoms with E-state index in [1.807, 2.05) is 0 Å². The summed E-state index contributed by atoms with van der Waals surface area (Å²) in [4.78, 5) is 0. The van der Waals surface area contributed by atoms with Crippen molar-refractivity contribution in [3.8, 4) is 0 Å². The molecule has 0 radical (unpaired) electrons. The number of unbranched alkanes of at least 4 members (excludes halogenated alkanes) is 18. The lowest BCUT2D eigenvalue weighted by Crippen LogP contribution is -1.99. The van der Waals surface area contributed by atoms with Gasteiger partial charge in [-0.25, -0.2) is 0 Å². The monoisotopic (exact) mass is 670 g/mol. The van der Waals surface area contributed by atoms with Crippen LogP contribution in [0.15, 0.2) is 59.1 Å². The maximum absolute atomic E-state index is 3.78. The molecule has 0 fully saturated rings. The Morgan fingerprint density at radius 1 is 0.400 bits per heavy atom. The van der Waals surface area contributed by atoms with Crippen LogP contribution in [0.1, 0.15) is 142 Å². The fraction of sp³-hybridized carbons (Fsp3) is 0.571. The lowest BCUT2D eigenvalue weighted by molar-refractivity contribution is 0.541. The Kier molecular flexibility index (Phi) is 13.8. The maximum Gasteiger partial charge on any atom is 0.0502 e. The molecule has 45 heavy (non-hydrogen) atoms. The minimum atomic E-state index is 1.09. The number of aromatic nitrogens is 2. The van der Waals surface area contributed by atoms with Crippen molar-refractivity contribution in [2.45, 2.75) is 155 Å². The van der Waals surface area contributed by atoms with Gasteiger partial charge in [-0.05, 0) is 43.2 Å². The summed E-state index contributed by atoms with van der Waals surface area (Å²) in [7, 11) is 0. The summed E-state index contributed by atoms with van der Waals surface area (Å²) >= 11 is 3.78. The summed E-state index contributed by atoms with van der Waals surface area (Å²) < 4.78 is 6.41. The van der Waals surface area contributed by atoms with Gasteiger partial charge in [0.25, 0.3) is 0 Å². The number of fused-ring (bicyclic) bond motifs is 6. The van der Waals surface area contributed by atoms with Crippen molar-refractivity contribution in [1.82, 2.24) is 9.13 Å². The molecule has 0 atom stereocenters. The molecule has 0 aliphatic carbocycles. The van der Waals surface area contributed by atoms with Crippen molar-refractivity contribution >= 4 is 59.5 Å². The van der Waals surface area contributed by atoms with E-state index in [2.05, 4.69) is 93.5 Å². The SMILES string of the molecule is CCCCCCCCCCCCn1c2ccccc2c2cc3c(cc21)c1ccc(Br)cc1n3CCCCCCCCCCCC. The molecule has 0 unspecified atom stereocenters. The van der Waals surface area contributed by atoms with Crippen LogP contribution in [0.4, 0.5) is 0 Å². The van der Waals surface area contributed by atoms with E-state index >= 15 is 0 Å². The zero-order valence-electron chi connectivity index (χ0n) is 28.5. The van der Waals surface area contributed by atoms with Crippen LogP contribution < -0.4 is 0 Å². The molecular weight excluding hydrogens is 612 g/mol. The number of nitrogens with zero attached hydrogens (tertiary/aromatic N) is 2. The van der Waals surface area contributed by atoms with Crippen molar-refractivity contribution < 1.29 is 0 Å². The van der Waals surface area contributed by atoms with Gasteiger partial charge in [0.05, 0.1) is 5.52 Å². The van der Waals surface area contributed by atoms with Crippen LogP contribution >= 0.6 is 15.9 Å². The minimum Gasteiger partial charge on any atom is -0.340 e. The molecule has 0 spiro atoms. The summed E-state index contributed by atoms with van der Waals surface area (Å²) in [6.07, 6.45) is 27.5. The Morgan fingerprint density at radius 2 is 0.800 bits per heavy atom. The van der Waals surface area contributed by atoms with E-state index in [0.717, 1.165) is 13.1 Å². The van der Waals surface area contributed by atoms with Crippen LogP contribution in [0, 0.1) is 0 Å². The first-order chi connectivity index (χ1) is 22.2. The average molecular weight is 672 g/mol. The third-order valence-electron chi connectivity index (χ3n) is 10.2. The zero-order valence-corrected chi connectivity index (χ0v) is 30.1. The normalized spacial score (nSPS) is 12.1. The lowest BCUT2D eigenvalue weighted by Gasteiger charge is -2.09. The summed E-state index contributed by atoms with van der Waals surface area (Å²) in [6, 6.07) is 21.0. The first kappa shape index (κ1) is 34.1. The Morgan fingerprint density at radius 3 is 1.31 bits per heavy atom. The summed E-state index contributed by atoms with van der Waals surface area (Å²) in [5, 5.41) is 5.61. The molecule has 0 aliphatic rings. The molecule has 5 aromatic rings. The molecular formula is C42H59BrN2. The molecule has 0 N–H and O–H groups in total. The van der Waals surface area contributed by atoms with Crippen molar-refractivity contribution in [2.24, 2.45) is 0 Å². The number of rotatable bonds is 22. The van der Waals surface area contributed by atoms with Crippen molar-refractivity contribution in [1.29, 1.82) is 0 Å². The number of hydrogen-bond donors (Lipinski definition) is 0. The van der Waals surface area contributed by atoms with Crippen LogP contribution in [0.3, 0.4) is 0 Å². The van der Waals surface area contributed by atoms with Crippen LogP contribution in [0.25, 0.3) is 43.6 Å². The summed E-state index contributed by atoms with van der Waals surface area (Å²) in [6.45, 7) is 6.80. The van der Waals surface area contributed by atoms with E-state index in [9.17, 15) is 0 Å². The predicted molar refractivity (Wildman–Crippen MR) is 204 cm³/mol. The van der Waals surface area contributed by atoms with Gasteiger partial charge in [-0.3, -0.25) is 0 Å². The number of halogens is 1. The highest BCUT2D eigenvalue weighted by atomic mass is 79.9. The van der Waals surface area contributed by atoms with Crippen molar-refractivity contribution in [3.05, 3.63) is 59.1 Å². The lowest BCUT2D eigenvalue weighted by atomic mass is 10.1. The van der Waals surface area contributed by atoms with E-state index in [1.54, 1.807) is 0 Å². The Bertz CT molecular complexity index is 1610. The molecule has 2 nitrogen and oxygen atoms in total. The smallest absolute Gasteiger partial charge is 0.0502 e. The third-order valence-corrected chi connectivity index (χ3v) is 10.7. The van der Waals surface area contributed by atoms with E-state index in [1.165, 1.54) is 177 Å². The van der Waals surface area contributed by atoms with Crippen LogP contribution in [-0.2, 0) is 13.1 Å². The molecule has 2 aromatic heterocycles. The average Bonchev–Trinajstić information content (AvgIpc) is 3.52. The Balaban J connectivity index is 1.29. The molecule has 5 rings (SSSR count). The molecule has 0 aliphatic heterocycles. The molecule has 0 saturated carbocycles. The van der Waals surface area contributed by atoms with Gasteiger partial charge in [0.1, 0.15) is 0 Å². The highest BCUT2D eigenvalue weighted by Crippen LogP contribution is 2.38. The first-order valence-electron chi connectivity index (χ1n) is 18.9. The van der Waals surface area contributed by atoms with Gasteiger partial charge in [-0.15, -0.1) is 0 Å². The standard InChI is InChI=1S/C42H59BrN2/c1-3-5-7-9-11-13-15-17-19-23-29-44-39-26-22-21-25-35(39)37-32-42-38(33-41(37)44)36-28-27-34(43)31-40(36)45(42)30-24-20-18-16-14-12-10-8-6-4-2/h21-22,25-28,31-33H,3-20,23-24,29-30H2,1-2H3. The molecule has 0 bridgehead atoms. The molecule has 0 amide bonds. The van der Waals surface area contributed by atoms with Gasteiger partial charge in [0.2, 0.25) is 0 Å². The second kappa shape index (κ2) is 18.2. The summed E-state index contributed by atoms with van der Waals surface area (Å²) in [5.74, 6) is 0. The molecule has 3 heteroatoms. The highest BCUT2D eigenvalue weighted by molar-refractivity contribution is 9.10.